The molecular weight excluding hydrogens is 256 g/mol. The van der Waals surface area contributed by atoms with Crippen molar-refractivity contribution in [2.75, 3.05) is 5.88 Å². The monoisotopic (exact) mass is 276 g/mol. The zero-order chi connectivity index (χ0) is 13.7. The Hall–Kier alpha value is -1.13. The quantitative estimate of drug-likeness (QED) is 0.572. The van der Waals surface area contributed by atoms with Gasteiger partial charge in [-0.3, -0.25) is 0 Å². The molecule has 1 aromatic carbocycles. The van der Waals surface area contributed by atoms with E-state index in [4.69, 9.17) is 16.3 Å². The van der Waals surface area contributed by atoms with Crippen molar-refractivity contribution in [1.82, 2.24) is 0 Å². The molecule has 1 aromatic rings. The first-order valence-corrected chi connectivity index (χ1v) is 7.54. The number of hydrogen-bond acceptors (Lipinski definition) is 1. The molecule has 19 heavy (non-hydrogen) atoms. The van der Waals surface area contributed by atoms with E-state index < -0.39 is 0 Å². The summed E-state index contributed by atoms with van der Waals surface area (Å²) in [4.78, 5) is 0. The van der Waals surface area contributed by atoms with E-state index in [1.807, 2.05) is 24.3 Å². The average Bonchev–Trinajstić information content (AvgIpc) is 2.42. The Kier molecular flexibility index (Phi) is 5.16. The van der Waals surface area contributed by atoms with Crippen LogP contribution < -0.4 is 4.74 Å². The average molecular weight is 277 g/mol. The Labute approximate surface area is 121 Å². The highest BCUT2D eigenvalue weighted by molar-refractivity contribution is 6.19. The van der Waals surface area contributed by atoms with E-state index in [0.717, 1.165) is 29.6 Å². The van der Waals surface area contributed by atoms with Crippen molar-refractivity contribution in [1.29, 1.82) is 0 Å². The molecule has 1 nitrogen and oxygen atoms in total. The summed E-state index contributed by atoms with van der Waals surface area (Å²) < 4.78 is 6.06. The number of rotatable bonds is 2. The van der Waals surface area contributed by atoms with Crippen LogP contribution in [0.15, 0.2) is 24.3 Å². The third-order valence-corrected chi connectivity index (χ3v) is 4.14. The van der Waals surface area contributed by atoms with Gasteiger partial charge >= 0.3 is 0 Å². The Morgan fingerprint density at radius 2 is 1.89 bits per heavy atom. The minimum atomic E-state index is 0.367. The minimum Gasteiger partial charge on any atom is -0.490 e. The summed E-state index contributed by atoms with van der Waals surface area (Å²) in [6.45, 7) is 4.66. The van der Waals surface area contributed by atoms with Gasteiger partial charge in [-0.2, -0.15) is 0 Å². The van der Waals surface area contributed by atoms with Crippen molar-refractivity contribution >= 4 is 11.6 Å². The van der Waals surface area contributed by atoms with Crippen molar-refractivity contribution < 1.29 is 4.74 Å². The van der Waals surface area contributed by atoms with Crippen LogP contribution >= 0.6 is 11.6 Å². The molecule has 1 fully saturated rings. The van der Waals surface area contributed by atoms with Gasteiger partial charge in [0.15, 0.2) is 0 Å². The van der Waals surface area contributed by atoms with Crippen LogP contribution in [0, 0.1) is 23.7 Å². The largest absolute Gasteiger partial charge is 0.490 e. The number of halogens is 1. The SMILES string of the molecule is CC1CCC(Oc2ccc(C#CCCl)cc2)CC1C. The third kappa shape index (κ3) is 4.18. The van der Waals surface area contributed by atoms with E-state index in [0.29, 0.717) is 12.0 Å². The molecule has 2 heteroatoms. The molecule has 2 rings (SSSR count). The highest BCUT2D eigenvalue weighted by Crippen LogP contribution is 2.31. The fraction of sp³-hybridized carbons (Fsp3) is 0.529. The van der Waals surface area contributed by atoms with Crippen molar-refractivity contribution in [3.8, 4) is 17.6 Å². The van der Waals surface area contributed by atoms with Gasteiger partial charge in [-0.05, 0) is 55.4 Å². The lowest BCUT2D eigenvalue weighted by molar-refractivity contribution is 0.101. The molecule has 0 amide bonds. The standard InChI is InChI=1S/C17H21ClO/c1-13-5-8-17(12-14(13)2)19-16-9-6-15(7-10-16)4-3-11-18/h6-7,9-10,13-14,17H,5,8,11-12H2,1-2H3. The molecular formula is C17H21ClO. The molecule has 0 N–H and O–H groups in total. The van der Waals surface area contributed by atoms with Gasteiger partial charge in [0.1, 0.15) is 5.75 Å². The second-order valence-electron chi connectivity index (χ2n) is 5.47. The molecule has 0 aromatic heterocycles. The van der Waals surface area contributed by atoms with Gasteiger partial charge in [0, 0.05) is 5.56 Å². The number of benzene rings is 1. The highest BCUT2D eigenvalue weighted by Gasteiger charge is 2.25. The lowest BCUT2D eigenvalue weighted by atomic mass is 9.80. The molecule has 0 heterocycles. The Bertz CT molecular complexity index is 454. The highest BCUT2D eigenvalue weighted by atomic mass is 35.5. The van der Waals surface area contributed by atoms with E-state index in [-0.39, 0.29) is 0 Å². The Balaban J connectivity index is 1.92. The van der Waals surface area contributed by atoms with Crippen LogP contribution in [0.2, 0.25) is 0 Å². The van der Waals surface area contributed by atoms with Gasteiger partial charge in [-0.15, -0.1) is 11.6 Å². The maximum Gasteiger partial charge on any atom is 0.119 e. The summed E-state index contributed by atoms with van der Waals surface area (Å²) in [5.41, 5.74) is 0.985. The zero-order valence-electron chi connectivity index (χ0n) is 11.7. The van der Waals surface area contributed by atoms with Gasteiger partial charge < -0.3 is 4.74 Å². The fourth-order valence-corrected chi connectivity index (χ4v) is 2.62. The van der Waals surface area contributed by atoms with Gasteiger partial charge in [0.25, 0.3) is 0 Å². The van der Waals surface area contributed by atoms with Crippen molar-refractivity contribution in [2.45, 2.75) is 39.2 Å². The van der Waals surface area contributed by atoms with Gasteiger partial charge in [0.2, 0.25) is 0 Å². The van der Waals surface area contributed by atoms with E-state index in [1.165, 1.54) is 12.8 Å². The Morgan fingerprint density at radius 3 is 2.53 bits per heavy atom. The predicted octanol–water partition coefficient (Wildman–Crippen LogP) is 4.48. The second kappa shape index (κ2) is 6.87. The van der Waals surface area contributed by atoms with Crippen LogP contribution in [0.3, 0.4) is 0 Å². The summed E-state index contributed by atoms with van der Waals surface area (Å²) in [7, 11) is 0. The van der Waals surface area contributed by atoms with E-state index in [1.54, 1.807) is 0 Å². The third-order valence-electron chi connectivity index (χ3n) is 4.01. The first kappa shape index (κ1) is 14.3. The van der Waals surface area contributed by atoms with Gasteiger partial charge in [0.05, 0.1) is 12.0 Å². The van der Waals surface area contributed by atoms with E-state index in [9.17, 15) is 0 Å². The summed E-state index contributed by atoms with van der Waals surface area (Å²) in [6, 6.07) is 7.98. The molecule has 102 valence electrons. The molecule has 3 atom stereocenters. The summed E-state index contributed by atoms with van der Waals surface area (Å²) >= 11 is 5.54. The summed E-state index contributed by atoms with van der Waals surface area (Å²) in [5.74, 6) is 8.75. The number of ether oxygens (including phenoxy) is 1. The van der Waals surface area contributed by atoms with Crippen LogP contribution in [0.1, 0.15) is 38.7 Å². The summed E-state index contributed by atoms with van der Waals surface area (Å²) in [5, 5.41) is 0. The first-order chi connectivity index (χ1) is 9.19. The zero-order valence-corrected chi connectivity index (χ0v) is 12.4. The lowest BCUT2D eigenvalue weighted by Gasteiger charge is -2.32. The molecule has 1 aliphatic carbocycles. The molecule has 1 aliphatic rings. The molecule has 0 spiro atoms. The normalized spacial score (nSPS) is 26.4. The van der Waals surface area contributed by atoms with E-state index >= 15 is 0 Å². The number of alkyl halides is 1. The van der Waals surface area contributed by atoms with Crippen molar-refractivity contribution in [3.63, 3.8) is 0 Å². The molecule has 3 unspecified atom stereocenters. The fourth-order valence-electron chi connectivity index (χ4n) is 2.55. The van der Waals surface area contributed by atoms with Crippen LogP contribution in [-0.2, 0) is 0 Å². The topological polar surface area (TPSA) is 9.23 Å². The van der Waals surface area contributed by atoms with Gasteiger partial charge in [-0.1, -0.05) is 25.7 Å². The van der Waals surface area contributed by atoms with Crippen LogP contribution in [0.4, 0.5) is 0 Å². The predicted molar refractivity (Wildman–Crippen MR) is 80.6 cm³/mol. The maximum absolute atomic E-state index is 6.06. The maximum atomic E-state index is 6.06. The van der Waals surface area contributed by atoms with E-state index in [2.05, 4.69) is 25.7 Å². The molecule has 0 aliphatic heterocycles. The molecule has 0 saturated heterocycles. The van der Waals surface area contributed by atoms with Crippen LogP contribution in [-0.4, -0.2) is 12.0 Å². The van der Waals surface area contributed by atoms with Crippen molar-refractivity contribution in [2.24, 2.45) is 11.8 Å². The van der Waals surface area contributed by atoms with Crippen LogP contribution in [0.5, 0.6) is 5.75 Å². The van der Waals surface area contributed by atoms with Crippen LogP contribution in [0.25, 0.3) is 0 Å². The smallest absolute Gasteiger partial charge is 0.119 e. The molecule has 0 bridgehead atoms. The Morgan fingerprint density at radius 1 is 1.16 bits per heavy atom. The molecule has 1 saturated carbocycles. The molecule has 0 radical (unpaired) electrons. The van der Waals surface area contributed by atoms with Gasteiger partial charge in [-0.25, -0.2) is 0 Å². The summed E-state index contributed by atoms with van der Waals surface area (Å²) in [6.07, 6.45) is 3.96. The lowest BCUT2D eigenvalue weighted by Crippen LogP contribution is -2.28. The van der Waals surface area contributed by atoms with Crippen molar-refractivity contribution in [3.05, 3.63) is 29.8 Å². The minimum absolute atomic E-state index is 0.367. The first-order valence-electron chi connectivity index (χ1n) is 7.00. The number of hydrogen-bond donors (Lipinski definition) is 0. The second-order valence-corrected chi connectivity index (χ2v) is 5.73.